The molecule has 0 aliphatic heterocycles. The number of para-hydroxylation sites is 2. The maximum atomic E-state index is 13.0. The number of anilines is 1. The number of rotatable bonds is 7. The highest BCUT2D eigenvalue weighted by Crippen LogP contribution is 2.28. The smallest absolute Gasteiger partial charge is 0.285 e. The normalized spacial score (nSPS) is 10.2. The van der Waals surface area contributed by atoms with Gasteiger partial charge in [0.1, 0.15) is 23.9 Å². The average Bonchev–Trinajstić information content (AvgIpc) is 2.67. The summed E-state index contributed by atoms with van der Waals surface area (Å²) in [5.74, 6) is -0.633. The van der Waals surface area contributed by atoms with Crippen molar-refractivity contribution >= 4 is 17.5 Å². The second kappa shape index (κ2) is 8.81. The third-order valence-corrected chi connectivity index (χ3v) is 4.29. The van der Waals surface area contributed by atoms with Crippen LogP contribution in [0.1, 0.15) is 23.2 Å². The maximum Gasteiger partial charge on any atom is 0.285 e. The van der Waals surface area contributed by atoms with Crippen molar-refractivity contribution in [1.29, 1.82) is 5.26 Å². The zero-order valence-corrected chi connectivity index (χ0v) is 15.9. The van der Waals surface area contributed by atoms with E-state index in [9.17, 15) is 19.6 Å². The molecule has 0 saturated heterocycles. The van der Waals surface area contributed by atoms with Gasteiger partial charge in [-0.1, -0.05) is 12.1 Å². The van der Waals surface area contributed by atoms with Gasteiger partial charge in [0.25, 0.3) is 5.56 Å². The van der Waals surface area contributed by atoms with Crippen LogP contribution >= 0.6 is 0 Å². The third kappa shape index (κ3) is 4.35. The third-order valence-electron chi connectivity index (χ3n) is 4.29. The van der Waals surface area contributed by atoms with Crippen LogP contribution in [0, 0.1) is 25.2 Å². The maximum absolute atomic E-state index is 13.0. The molecule has 0 aliphatic carbocycles. The molecule has 0 aliphatic rings. The SMILES string of the molecule is COc1ccccc1N(CCC(N)=O)C(=O)Cn1nc(C)c(C)c(C#N)c1=O. The van der Waals surface area contributed by atoms with E-state index < -0.39 is 23.9 Å². The lowest BCUT2D eigenvalue weighted by Crippen LogP contribution is -2.40. The number of methoxy groups -OCH3 is 1. The number of carbonyl (C=O) groups is 2. The lowest BCUT2D eigenvalue weighted by Gasteiger charge is -2.24. The molecule has 1 aromatic carbocycles. The highest BCUT2D eigenvalue weighted by atomic mass is 16.5. The van der Waals surface area contributed by atoms with Crippen LogP contribution in [0.15, 0.2) is 29.1 Å². The number of ether oxygens (including phenoxy) is 1. The number of carbonyl (C=O) groups excluding carboxylic acids is 2. The van der Waals surface area contributed by atoms with E-state index in [1.165, 1.54) is 12.0 Å². The van der Waals surface area contributed by atoms with Gasteiger partial charge >= 0.3 is 0 Å². The van der Waals surface area contributed by atoms with Crippen LogP contribution in [-0.4, -0.2) is 35.2 Å². The van der Waals surface area contributed by atoms with Crippen molar-refractivity contribution in [2.24, 2.45) is 5.73 Å². The van der Waals surface area contributed by atoms with Crippen molar-refractivity contribution in [3.63, 3.8) is 0 Å². The Bertz CT molecular complexity index is 1010. The summed E-state index contributed by atoms with van der Waals surface area (Å²) in [7, 11) is 1.46. The van der Waals surface area contributed by atoms with Gasteiger partial charge < -0.3 is 15.4 Å². The molecule has 0 fully saturated rings. The molecule has 0 bridgehead atoms. The molecule has 0 saturated carbocycles. The van der Waals surface area contributed by atoms with Crippen LogP contribution in [0.4, 0.5) is 5.69 Å². The molecule has 2 N–H and O–H groups in total. The number of nitriles is 1. The molecule has 9 nitrogen and oxygen atoms in total. The van der Waals surface area contributed by atoms with Crippen LogP contribution in [0.2, 0.25) is 0 Å². The highest BCUT2D eigenvalue weighted by Gasteiger charge is 2.22. The lowest BCUT2D eigenvalue weighted by atomic mass is 10.1. The first-order chi connectivity index (χ1) is 13.3. The Morgan fingerprint density at radius 1 is 1.32 bits per heavy atom. The van der Waals surface area contributed by atoms with E-state index in [1.807, 2.05) is 6.07 Å². The molecule has 0 atom stereocenters. The summed E-state index contributed by atoms with van der Waals surface area (Å²) in [6.45, 7) is 2.90. The van der Waals surface area contributed by atoms with Crippen LogP contribution in [0.25, 0.3) is 0 Å². The zero-order valence-electron chi connectivity index (χ0n) is 15.9. The number of hydrogen-bond acceptors (Lipinski definition) is 6. The molecule has 1 aromatic heterocycles. The molecule has 2 rings (SSSR count). The fourth-order valence-corrected chi connectivity index (χ4v) is 2.68. The van der Waals surface area contributed by atoms with Gasteiger partial charge in [-0.25, -0.2) is 4.68 Å². The molecule has 0 spiro atoms. The van der Waals surface area contributed by atoms with Gasteiger partial charge in [-0.15, -0.1) is 0 Å². The van der Waals surface area contributed by atoms with Gasteiger partial charge in [0.15, 0.2) is 0 Å². The fourth-order valence-electron chi connectivity index (χ4n) is 2.68. The largest absolute Gasteiger partial charge is 0.495 e. The fraction of sp³-hybridized carbons (Fsp3) is 0.316. The van der Waals surface area contributed by atoms with Crippen molar-refractivity contribution in [2.75, 3.05) is 18.6 Å². The van der Waals surface area contributed by atoms with Gasteiger partial charge in [-0.2, -0.15) is 10.4 Å². The van der Waals surface area contributed by atoms with E-state index >= 15 is 0 Å². The van der Waals surface area contributed by atoms with Crippen LogP contribution in [0.5, 0.6) is 5.75 Å². The van der Waals surface area contributed by atoms with E-state index in [1.54, 1.807) is 38.1 Å². The van der Waals surface area contributed by atoms with E-state index in [2.05, 4.69) is 5.10 Å². The Kier molecular flexibility index (Phi) is 6.50. The first-order valence-corrected chi connectivity index (χ1v) is 8.50. The summed E-state index contributed by atoms with van der Waals surface area (Å²) >= 11 is 0. The van der Waals surface area contributed by atoms with E-state index in [-0.39, 0.29) is 18.5 Å². The van der Waals surface area contributed by atoms with Crippen molar-refractivity contribution in [1.82, 2.24) is 9.78 Å². The minimum atomic E-state index is -0.645. The molecule has 2 aromatic rings. The summed E-state index contributed by atoms with van der Waals surface area (Å²) in [5.41, 5.74) is 5.92. The Labute approximate surface area is 161 Å². The van der Waals surface area contributed by atoms with E-state index in [0.717, 1.165) is 4.68 Å². The van der Waals surface area contributed by atoms with Gasteiger partial charge in [0.05, 0.1) is 18.5 Å². The summed E-state index contributed by atoms with van der Waals surface area (Å²) < 4.78 is 6.25. The number of nitrogens with two attached hydrogens (primary N) is 1. The van der Waals surface area contributed by atoms with E-state index in [4.69, 9.17) is 10.5 Å². The first kappa shape index (κ1) is 20.6. The molecule has 0 radical (unpaired) electrons. The number of benzene rings is 1. The Balaban J connectivity index is 2.44. The molecule has 28 heavy (non-hydrogen) atoms. The van der Waals surface area contributed by atoms with Gasteiger partial charge in [-0.05, 0) is 31.5 Å². The summed E-state index contributed by atoms with van der Waals surface area (Å²) in [6.07, 6.45) is -0.0670. The second-order valence-electron chi connectivity index (χ2n) is 6.09. The molecule has 2 amide bonds. The molecule has 1 heterocycles. The molecule has 0 unspecified atom stereocenters. The van der Waals surface area contributed by atoms with E-state index in [0.29, 0.717) is 22.7 Å². The average molecular weight is 383 g/mol. The Hall–Kier alpha value is -3.67. The molecular weight excluding hydrogens is 362 g/mol. The number of primary amides is 1. The summed E-state index contributed by atoms with van der Waals surface area (Å²) in [5, 5.41) is 13.3. The van der Waals surface area contributed by atoms with Crippen molar-refractivity contribution < 1.29 is 14.3 Å². The number of amides is 2. The molecular formula is C19H21N5O4. The number of hydrogen-bond donors (Lipinski definition) is 1. The number of nitrogens with zero attached hydrogens (tertiary/aromatic N) is 4. The first-order valence-electron chi connectivity index (χ1n) is 8.50. The topological polar surface area (TPSA) is 131 Å². The van der Waals surface area contributed by atoms with Gasteiger partial charge in [0.2, 0.25) is 11.8 Å². The summed E-state index contributed by atoms with van der Waals surface area (Å²) in [4.78, 5) is 38.0. The lowest BCUT2D eigenvalue weighted by molar-refractivity contribution is -0.119. The minimum Gasteiger partial charge on any atom is -0.495 e. The van der Waals surface area contributed by atoms with Crippen molar-refractivity contribution in [3.05, 3.63) is 51.4 Å². The molecule has 146 valence electrons. The Morgan fingerprint density at radius 2 is 2.00 bits per heavy atom. The quantitative estimate of drug-likeness (QED) is 0.747. The van der Waals surface area contributed by atoms with Crippen LogP contribution < -0.4 is 20.9 Å². The van der Waals surface area contributed by atoms with Crippen molar-refractivity contribution in [2.45, 2.75) is 26.8 Å². The van der Waals surface area contributed by atoms with Crippen LogP contribution in [-0.2, 0) is 16.1 Å². The number of aryl methyl sites for hydroxylation is 1. The van der Waals surface area contributed by atoms with Gasteiger partial charge in [-0.3, -0.25) is 14.4 Å². The zero-order chi connectivity index (χ0) is 20.8. The summed E-state index contributed by atoms with van der Waals surface area (Å²) in [6, 6.07) is 8.66. The predicted octanol–water partition coefficient (Wildman–Crippen LogP) is 0.649. The highest BCUT2D eigenvalue weighted by molar-refractivity contribution is 5.95. The molecule has 9 heteroatoms. The second-order valence-corrected chi connectivity index (χ2v) is 6.09. The van der Waals surface area contributed by atoms with Crippen molar-refractivity contribution in [3.8, 4) is 11.8 Å². The van der Waals surface area contributed by atoms with Gasteiger partial charge in [0, 0.05) is 13.0 Å². The minimum absolute atomic E-state index is 0.0131. The number of aromatic nitrogens is 2. The Morgan fingerprint density at radius 3 is 2.61 bits per heavy atom. The monoisotopic (exact) mass is 383 g/mol. The standard InChI is InChI=1S/C19H21N5O4/c1-12-13(2)22-24(19(27)14(12)10-20)11-18(26)23(9-8-17(21)25)15-6-4-5-7-16(15)28-3/h4-7H,8-9,11H2,1-3H3,(H2,21,25). The van der Waals surface area contributed by atoms with Crippen LogP contribution in [0.3, 0.4) is 0 Å². The predicted molar refractivity (Wildman–Crippen MR) is 102 cm³/mol.